The van der Waals surface area contributed by atoms with Crippen molar-refractivity contribution in [1.29, 1.82) is 0 Å². The van der Waals surface area contributed by atoms with Gasteiger partial charge in [-0.15, -0.1) is 0 Å². The first-order valence-electron chi connectivity index (χ1n) is 7.96. The molecule has 1 N–H and O–H groups in total. The molecule has 1 aromatic rings. The van der Waals surface area contributed by atoms with Crippen molar-refractivity contribution in [2.45, 2.75) is 45.6 Å². The number of piperidine rings is 1. The lowest BCUT2D eigenvalue weighted by atomic mass is 9.88. The smallest absolute Gasteiger partial charge is 0.0270 e. The Hall–Kier alpha value is -0.930. The molecule has 2 heterocycles. The Morgan fingerprint density at radius 2 is 1.90 bits per heavy atom. The molecule has 0 amide bonds. The third-order valence-corrected chi connectivity index (χ3v) is 4.54. The lowest BCUT2D eigenvalue weighted by molar-refractivity contribution is 0.0747. The largest absolute Gasteiger partial charge is 0.317 e. The second-order valence-corrected chi connectivity index (χ2v) is 6.58. The van der Waals surface area contributed by atoms with Crippen LogP contribution in [0.1, 0.15) is 39.2 Å². The molecule has 0 aromatic carbocycles. The quantitative estimate of drug-likeness (QED) is 0.865. The molecular weight excluding hydrogens is 246 g/mol. The Labute approximate surface area is 123 Å². The van der Waals surface area contributed by atoms with Crippen molar-refractivity contribution in [2.75, 3.05) is 26.2 Å². The lowest BCUT2D eigenvalue weighted by Gasteiger charge is -2.43. The maximum atomic E-state index is 4.11. The summed E-state index contributed by atoms with van der Waals surface area (Å²) in [6.45, 7) is 11.7. The molecule has 1 fully saturated rings. The van der Waals surface area contributed by atoms with E-state index in [4.69, 9.17) is 0 Å². The molecule has 0 spiro atoms. The lowest BCUT2D eigenvalue weighted by Crippen LogP contribution is -2.50. The van der Waals surface area contributed by atoms with Gasteiger partial charge in [0, 0.05) is 17.9 Å². The first-order chi connectivity index (χ1) is 9.62. The first-order valence-corrected chi connectivity index (χ1v) is 7.96. The number of likely N-dealkylation sites (tertiary alicyclic amines) is 1. The van der Waals surface area contributed by atoms with Crippen molar-refractivity contribution in [3.8, 4) is 0 Å². The highest BCUT2D eigenvalue weighted by Crippen LogP contribution is 2.26. The Balaban J connectivity index is 1.85. The standard InChI is InChI=1S/C17H29N3/c1-4-18-14-16-7-11-20(12-8-16)17(2,3)13-15-5-9-19-10-6-15/h5-6,9-10,16,18H,4,7-8,11-14H2,1-3H3. The van der Waals surface area contributed by atoms with Crippen LogP contribution in [0.3, 0.4) is 0 Å². The average Bonchev–Trinajstić information content (AvgIpc) is 2.46. The molecule has 3 nitrogen and oxygen atoms in total. The summed E-state index contributed by atoms with van der Waals surface area (Å²) in [6, 6.07) is 4.28. The normalized spacial score (nSPS) is 18.4. The number of nitrogens with zero attached hydrogens (tertiary/aromatic N) is 2. The van der Waals surface area contributed by atoms with Gasteiger partial charge in [-0.3, -0.25) is 9.88 Å². The van der Waals surface area contributed by atoms with Crippen LogP contribution in [-0.4, -0.2) is 41.6 Å². The zero-order valence-electron chi connectivity index (χ0n) is 13.2. The molecular formula is C17H29N3. The number of aromatic nitrogens is 1. The Kier molecular flexibility index (Phi) is 5.55. The van der Waals surface area contributed by atoms with Gasteiger partial charge < -0.3 is 5.32 Å². The maximum absolute atomic E-state index is 4.11. The fraction of sp³-hybridized carbons (Fsp3) is 0.706. The van der Waals surface area contributed by atoms with Gasteiger partial charge in [-0.25, -0.2) is 0 Å². The number of pyridine rings is 1. The molecule has 3 heteroatoms. The van der Waals surface area contributed by atoms with E-state index >= 15 is 0 Å². The van der Waals surface area contributed by atoms with E-state index in [1.165, 1.54) is 38.0 Å². The highest BCUT2D eigenvalue weighted by Gasteiger charge is 2.30. The van der Waals surface area contributed by atoms with Gasteiger partial charge in [0.1, 0.15) is 0 Å². The zero-order chi connectivity index (χ0) is 14.4. The Morgan fingerprint density at radius 3 is 2.50 bits per heavy atom. The highest BCUT2D eigenvalue weighted by atomic mass is 15.2. The molecule has 20 heavy (non-hydrogen) atoms. The molecule has 0 radical (unpaired) electrons. The predicted molar refractivity (Wildman–Crippen MR) is 84.9 cm³/mol. The van der Waals surface area contributed by atoms with Crippen LogP contribution in [0.25, 0.3) is 0 Å². The predicted octanol–water partition coefficient (Wildman–Crippen LogP) is 2.72. The summed E-state index contributed by atoms with van der Waals surface area (Å²) < 4.78 is 0. The van der Waals surface area contributed by atoms with E-state index in [1.807, 2.05) is 12.4 Å². The molecule has 0 atom stereocenters. The van der Waals surface area contributed by atoms with Crippen molar-refractivity contribution in [3.63, 3.8) is 0 Å². The summed E-state index contributed by atoms with van der Waals surface area (Å²) in [5, 5.41) is 3.49. The van der Waals surface area contributed by atoms with Crippen LogP contribution >= 0.6 is 0 Å². The second kappa shape index (κ2) is 7.19. The van der Waals surface area contributed by atoms with Crippen LogP contribution in [0, 0.1) is 5.92 Å². The molecule has 1 aromatic heterocycles. The van der Waals surface area contributed by atoms with Crippen molar-refractivity contribution in [1.82, 2.24) is 15.2 Å². The summed E-state index contributed by atoms with van der Waals surface area (Å²) in [5.41, 5.74) is 1.63. The van der Waals surface area contributed by atoms with E-state index in [1.54, 1.807) is 0 Å². The second-order valence-electron chi connectivity index (χ2n) is 6.58. The van der Waals surface area contributed by atoms with Crippen LogP contribution in [0.2, 0.25) is 0 Å². The third-order valence-electron chi connectivity index (χ3n) is 4.54. The van der Waals surface area contributed by atoms with Gasteiger partial charge in [0.2, 0.25) is 0 Å². The van der Waals surface area contributed by atoms with Crippen LogP contribution in [0.15, 0.2) is 24.5 Å². The number of hydrogen-bond acceptors (Lipinski definition) is 3. The number of rotatable bonds is 6. The first kappa shape index (κ1) is 15.5. The minimum atomic E-state index is 0.241. The molecule has 0 unspecified atom stereocenters. The van der Waals surface area contributed by atoms with E-state index in [9.17, 15) is 0 Å². The van der Waals surface area contributed by atoms with Crippen LogP contribution in [-0.2, 0) is 6.42 Å². The Morgan fingerprint density at radius 1 is 1.25 bits per heavy atom. The summed E-state index contributed by atoms with van der Waals surface area (Å²) >= 11 is 0. The summed E-state index contributed by atoms with van der Waals surface area (Å²) in [5.74, 6) is 0.864. The number of nitrogens with one attached hydrogen (secondary N) is 1. The summed E-state index contributed by atoms with van der Waals surface area (Å²) in [6.07, 6.45) is 7.55. The molecule has 1 aliphatic heterocycles. The van der Waals surface area contributed by atoms with Crippen molar-refractivity contribution < 1.29 is 0 Å². The van der Waals surface area contributed by atoms with Gasteiger partial charge >= 0.3 is 0 Å². The fourth-order valence-electron chi connectivity index (χ4n) is 3.20. The van der Waals surface area contributed by atoms with Crippen LogP contribution in [0.4, 0.5) is 0 Å². The minimum absolute atomic E-state index is 0.241. The number of hydrogen-bond donors (Lipinski definition) is 1. The molecule has 0 bridgehead atoms. The van der Waals surface area contributed by atoms with E-state index in [2.05, 4.69) is 48.1 Å². The van der Waals surface area contributed by atoms with Crippen molar-refractivity contribution >= 4 is 0 Å². The molecule has 0 aliphatic carbocycles. The molecule has 2 rings (SSSR count). The minimum Gasteiger partial charge on any atom is -0.317 e. The SMILES string of the molecule is CCNCC1CCN(C(C)(C)Cc2ccncc2)CC1. The highest BCUT2D eigenvalue weighted by molar-refractivity contribution is 5.13. The van der Waals surface area contributed by atoms with E-state index < -0.39 is 0 Å². The summed E-state index contributed by atoms with van der Waals surface area (Å²) in [7, 11) is 0. The van der Waals surface area contributed by atoms with Gasteiger partial charge in [-0.2, -0.15) is 0 Å². The van der Waals surface area contributed by atoms with Gasteiger partial charge in [0.15, 0.2) is 0 Å². The van der Waals surface area contributed by atoms with E-state index in [-0.39, 0.29) is 5.54 Å². The maximum Gasteiger partial charge on any atom is 0.0270 e. The molecule has 1 aliphatic rings. The van der Waals surface area contributed by atoms with Gasteiger partial charge in [-0.05, 0) is 82.9 Å². The monoisotopic (exact) mass is 275 g/mol. The van der Waals surface area contributed by atoms with Gasteiger partial charge in [0.25, 0.3) is 0 Å². The molecule has 0 saturated carbocycles. The summed E-state index contributed by atoms with van der Waals surface area (Å²) in [4.78, 5) is 6.77. The van der Waals surface area contributed by atoms with Gasteiger partial charge in [-0.1, -0.05) is 6.92 Å². The van der Waals surface area contributed by atoms with Gasteiger partial charge in [0.05, 0.1) is 0 Å². The van der Waals surface area contributed by atoms with E-state index in [0.29, 0.717) is 0 Å². The van der Waals surface area contributed by atoms with Crippen LogP contribution in [0.5, 0.6) is 0 Å². The van der Waals surface area contributed by atoms with E-state index in [0.717, 1.165) is 18.9 Å². The third kappa shape index (κ3) is 4.29. The molecule has 1 saturated heterocycles. The zero-order valence-corrected chi connectivity index (χ0v) is 13.2. The molecule has 112 valence electrons. The van der Waals surface area contributed by atoms with Crippen LogP contribution < -0.4 is 5.32 Å². The average molecular weight is 275 g/mol. The van der Waals surface area contributed by atoms with Crippen molar-refractivity contribution in [2.24, 2.45) is 5.92 Å². The topological polar surface area (TPSA) is 28.2 Å². The van der Waals surface area contributed by atoms with Crippen molar-refractivity contribution in [3.05, 3.63) is 30.1 Å². The Bertz CT molecular complexity index is 380. The fourth-order valence-corrected chi connectivity index (χ4v) is 3.20.